The van der Waals surface area contributed by atoms with Crippen LogP contribution in [-0.4, -0.2) is 52.5 Å². The molecule has 1 aliphatic carbocycles. The molecule has 1 aromatic carbocycles. The first-order chi connectivity index (χ1) is 11.6. The molecule has 0 unspecified atom stereocenters. The van der Waals surface area contributed by atoms with Gasteiger partial charge in [-0.25, -0.2) is 4.68 Å². The van der Waals surface area contributed by atoms with Gasteiger partial charge in [-0.15, -0.1) is 5.10 Å². The van der Waals surface area contributed by atoms with Gasteiger partial charge in [0.1, 0.15) is 0 Å². The van der Waals surface area contributed by atoms with Crippen molar-refractivity contribution in [3.05, 3.63) is 41.2 Å². The largest absolute Gasteiger partial charge is 0.349 e. The fourth-order valence-electron chi connectivity index (χ4n) is 2.65. The number of likely N-dealkylation sites (N-methyl/N-ethyl adjacent to an activating group) is 1. The first-order valence-electron chi connectivity index (χ1n) is 8.59. The minimum atomic E-state index is -0.125. The van der Waals surface area contributed by atoms with Crippen molar-refractivity contribution in [1.82, 2.24) is 25.2 Å². The molecule has 0 saturated heterocycles. The number of hydrogen-bond donors (Lipinski definition) is 1. The fourth-order valence-corrected chi connectivity index (χ4v) is 2.65. The lowest BCUT2D eigenvalue weighted by Gasteiger charge is -2.13. The molecule has 1 heterocycles. The van der Waals surface area contributed by atoms with Gasteiger partial charge in [0, 0.05) is 19.0 Å². The van der Waals surface area contributed by atoms with Gasteiger partial charge in [-0.3, -0.25) is 4.79 Å². The number of aromatic nitrogens is 3. The van der Waals surface area contributed by atoms with Gasteiger partial charge in [0.2, 0.25) is 0 Å². The molecule has 6 heteroatoms. The van der Waals surface area contributed by atoms with E-state index in [0.717, 1.165) is 37.3 Å². The van der Waals surface area contributed by atoms with E-state index < -0.39 is 0 Å². The van der Waals surface area contributed by atoms with Gasteiger partial charge in [-0.1, -0.05) is 29.8 Å². The normalized spacial score (nSPS) is 14.2. The zero-order chi connectivity index (χ0) is 17.1. The number of amides is 1. The first-order valence-corrected chi connectivity index (χ1v) is 8.59. The summed E-state index contributed by atoms with van der Waals surface area (Å²) in [6.07, 6.45) is 2.19. The van der Waals surface area contributed by atoms with Crippen molar-refractivity contribution < 1.29 is 4.79 Å². The van der Waals surface area contributed by atoms with Crippen LogP contribution in [0.15, 0.2) is 24.3 Å². The van der Waals surface area contributed by atoms with E-state index in [4.69, 9.17) is 0 Å². The van der Waals surface area contributed by atoms with Crippen LogP contribution in [-0.2, 0) is 0 Å². The maximum atomic E-state index is 12.5. The summed E-state index contributed by atoms with van der Waals surface area (Å²) in [7, 11) is 2.04. The Bertz CT molecular complexity index is 703. The quantitative estimate of drug-likeness (QED) is 0.846. The van der Waals surface area contributed by atoms with Crippen molar-refractivity contribution >= 4 is 5.91 Å². The van der Waals surface area contributed by atoms with Crippen molar-refractivity contribution in [2.75, 3.05) is 26.7 Å². The van der Waals surface area contributed by atoms with E-state index in [9.17, 15) is 4.79 Å². The Morgan fingerprint density at radius 1 is 1.33 bits per heavy atom. The highest BCUT2D eigenvalue weighted by molar-refractivity contribution is 5.93. The summed E-state index contributed by atoms with van der Waals surface area (Å²) < 4.78 is 1.82. The Hall–Kier alpha value is -2.21. The second kappa shape index (κ2) is 7.13. The molecule has 1 amide bonds. The molecule has 3 rings (SSSR count). The average molecular weight is 327 g/mol. The number of hydrogen-bond acceptors (Lipinski definition) is 4. The number of aryl methyl sites for hydroxylation is 1. The predicted octanol–water partition coefficient (Wildman–Crippen LogP) is 2.13. The highest BCUT2D eigenvalue weighted by Gasteiger charge is 2.34. The second-order valence-corrected chi connectivity index (χ2v) is 6.50. The van der Waals surface area contributed by atoms with E-state index >= 15 is 0 Å². The van der Waals surface area contributed by atoms with E-state index in [-0.39, 0.29) is 5.91 Å². The average Bonchev–Trinajstić information content (AvgIpc) is 3.33. The molecule has 1 saturated carbocycles. The molecule has 0 atom stereocenters. The minimum absolute atomic E-state index is 0.125. The van der Waals surface area contributed by atoms with Gasteiger partial charge in [0.15, 0.2) is 5.69 Å². The van der Waals surface area contributed by atoms with Crippen LogP contribution < -0.4 is 5.32 Å². The zero-order valence-electron chi connectivity index (χ0n) is 14.6. The Morgan fingerprint density at radius 3 is 2.67 bits per heavy atom. The molecular formula is C18H25N5O. The summed E-state index contributed by atoms with van der Waals surface area (Å²) in [4.78, 5) is 14.7. The van der Waals surface area contributed by atoms with Crippen LogP contribution in [0.25, 0.3) is 5.69 Å². The van der Waals surface area contributed by atoms with E-state index in [1.54, 1.807) is 0 Å². The van der Waals surface area contributed by atoms with Crippen molar-refractivity contribution in [2.45, 2.75) is 32.6 Å². The number of carbonyl (C=O) groups excluding carboxylic acids is 1. The maximum absolute atomic E-state index is 12.5. The predicted molar refractivity (Wildman–Crippen MR) is 93.6 cm³/mol. The fraction of sp³-hybridized carbons (Fsp3) is 0.500. The molecule has 0 bridgehead atoms. The number of rotatable bonds is 7. The van der Waals surface area contributed by atoms with Crippen LogP contribution in [0.3, 0.4) is 0 Å². The van der Waals surface area contributed by atoms with Gasteiger partial charge in [0.25, 0.3) is 5.91 Å². The third kappa shape index (κ3) is 3.64. The molecule has 1 N–H and O–H groups in total. The van der Waals surface area contributed by atoms with E-state index in [0.29, 0.717) is 18.2 Å². The number of nitrogens with zero attached hydrogens (tertiary/aromatic N) is 4. The Morgan fingerprint density at radius 2 is 2.04 bits per heavy atom. The number of nitrogens with one attached hydrogen (secondary N) is 1. The van der Waals surface area contributed by atoms with E-state index in [1.807, 2.05) is 36.0 Å². The smallest absolute Gasteiger partial charge is 0.273 e. The molecule has 0 spiro atoms. The number of benzene rings is 1. The molecule has 0 radical (unpaired) electrons. The van der Waals surface area contributed by atoms with Gasteiger partial charge >= 0.3 is 0 Å². The lowest BCUT2D eigenvalue weighted by Crippen LogP contribution is -2.33. The third-order valence-electron chi connectivity index (χ3n) is 4.48. The lowest BCUT2D eigenvalue weighted by molar-refractivity contribution is 0.0944. The van der Waals surface area contributed by atoms with Crippen LogP contribution in [0.1, 0.15) is 47.4 Å². The van der Waals surface area contributed by atoms with Gasteiger partial charge in [-0.2, -0.15) is 0 Å². The second-order valence-electron chi connectivity index (χ2n) is 6.50. The Kier molecular flexibility index (Phi) is 4.94. The Balaban J connectivity index is 1.79. The van der Waals surface area contributed by atoms with Crippen LogP contribution in [0.2, 0.25) is 0 Å². The molecule has 2 aromatic rings. The van der Waals surface area contributed by atoms with Crippen LogP contribution in [0, 0.1) is 6.92 Å². The Labute approximate surface area is 142 Å². The minimum Gasteiger partial charge on any atom is -0.349 e. The molecule has 6 nitrogen and oxygen atoms in total. The lowest BCUT2D eigenvalue weighted by atomic mass is 10.2. The van der Waals surface area contributed by atoms with Gasteiger partial charge in [0.05, 0.1) is 11.4 Å². The summed E-state index contributed by atoms with van der Waals surface area (Å²) >= 11 is 0. The third-order valence-corrected chi connectivity index (χ3v) is 4.48. The van der Waals surface area contributed by atoms with Crippen molar-refractivity contribution in [1.29, 1.82) is 0 Å². The molecular weight excluding hydrogens is 302 g/mol. The molecule has 1 fully saturated rings. The van der Waals surface area contributed by atoms with Crippen molar-refractivity contribution in [3.63, 3.8) is 0 Å². The van der Waals surface area contributed by atoms with E-state index in [2.05, 4.69) is 34.4 Å². The van der Waals surface area contributed by atoms with Crippen LogP contribution in [0.4, 0.5) is 0 Å². The van der Waals surface area contributed by atoms with Gasteiger partial charge in [-0.05, 0) is 45.5 Å². The first kappa shape index (κ1) is 16.6. The summed E-state index contributed by atoms with van der Waals surface area (Å²) in [5, 5.41) is 11.4. The molecule has 128 valence electrons. The van der Waals surface area contributed by atoms with E-state index in [1.165, 1.54) is 5.56 Å². The highest BCUT2D eigenvalue weighted by atomic mass is 16.2. The standard InChI is InChI=1S/C18H25N5O/c1-4-22(3)12-11-19-18(24)16-17(14-7-8-14)23(21-20-16)15-9-5-13(2)6-10-15/h5-6,9-10,14H,4,7-8,11-12H2,1-3H3,(H,19,24). The maximum Gasteiger partial charge on any atom is 0.273 e. The monoisotopic (exact) mass is 327 g/mol. The molecule has 24 heavy (non-hydrogen) atoms. The molecule has 1 aromatic heterocycles. The van der Waals surface area contributed by atoms with Crippen molar-refractivity contribution in [2.24, 2.45) is 0 Å². The SMILES string of the molecule is CCN(C)CCNC(=O)c1nnn(-c2ccc(C)cc2)c1C1CC1. The highest BCUT2D eigenvalue weighted by Crippen LogP contribution is 2.41. The number of carbonyl (C=O) groups is 1. The van der Waals surface area contributed by atoms with Crippen LogP contribution >= 0.6 is 0 Å². The van der Waals surface area contributed by atoms with Crippen molar-refractivity contribution in [3.8, 4) is 5.69 Å². The summed E-state index contributed by atoms with van der Waals surface area (Å²) in [5.74, 6) is 0.264. The summed E-state index contributed by atoms with van der Waals surface area (Å²) in [6, 6.07) is 8.14. The summed E-state index contributed by atoms with van der Waals surface area (Å²) in [6.45, 7) is 6.56. The van der Waals surface area contributed by atoms with Crippen LogP contribution in [0.5, 0.6) is 0 Å². The summed E-state index contributed by atoms with van der Waals surface area (Å²) in [5.41, 5.74) is 3.57. The molecule has 1 aliphatic rings. The van der Waals surface area contributed by atoms with Gasteiger partial charge < -0.3 is 10.2 Å². The molecule has 0 aliphatic heterocycles. The zero-order valence-corrected chi connectivity index (χ0v) is 14.6. The topological polar surface area (TPSA) is 63.1 Å².